The highest BCUT2D eigenvalue weighted by Crippen LogP contribution is 2.17. The van der Waals surface area contributed by atoms with Gasteiger partial charge in [0.05, 0.1) is 6.26 Å². The molecule has 1 radical (unpaired) electrons. The van der Waals surface area contributed by atoms with Crippen LogP contribution in [0.5, 0.6) is 0 Å². The number of carbonyl (C=O) groups excluding carboxylic acids is 1. The summed E-state index contributed by atoms with van der Waals surface area (Å²) in [5.74, 6) is -2.12. The first kappa shape index (κ1) is 10.3. The van der Waals surface area contributed by atoms with Gasteiger partial charge >= 0.3 is 5.97 Å². The van der Waals surface area contributed by atoms with E-state index in [0.717, 1.165) is 0 Å². The number of nitrogens with one attached hydrogen (secondary N) is 1. The first-order valence-corrected chi connectivity index (χ1v) is 3.73. The van der Waals surface area contributed by atoms with Crippen molar-refractivity contribution in [3.05, 3.63) is 24.2 Å². The molecule has 0 spiro atoms. The predicted molar refractivity (Wildman–Crippen MR) is 43.1 cm³/mol. The van der Waals surface area contributed by atoms with E-state index in [9.17, 15) is 9.59 Å². The molecule has 14 heavy (non-hydrogen) atoms. The van der Waals surface area contributed by atoms with E-state index in [-0.39, 0.29) is 5.76 Å². The fraction of sp³-hybridized carbons (Fsp3) is 0.250. The number of carbonyl (C=O) groups is 2. The number of hydrogen-bond donors (Lipinski definition) is 1. The van der Waals surface area contributed by atoms with Crippen LogP contribution in [0.1, 0.15) is 11.9 Å². The zero-order valence-corrected chi connectivity index (χ0v) is 7.10. The fourth-order valence-electron chi connectivity index (χ4n) is 0.882. The maximum absolute atomic E-state index is 10.7. The highest BCUT2D eigenvalue weighted by atomic mass is 16.5. The molecule has 1 aromatic heterocycles. The molecule has 0 aliphatic heterocycles. The van der Waals surface area contributed by atoms with Gasteiger partial charge in [-0.1, -0.05) is 0 Å². The van der Waals surface area contributed by atoms with Crippen LogP contribution >= 0.6 is 0 Å². The maximum atomic E-state index is 10.7. The van der Waals surface area contributed by atoms with Gasteiger partial charge in [0.15, 0.2) is 6.10 Å². The molecule has 0 aromatic carbocycles. The minimum Gasteiger partial charge on any atom is -0.480 e. The third kappa shape index (κ3) is 2.60. The van der Waals surface area contributed by atoms with Crippen molar-refractivity contribution in [1.82, 2.24) is 5.73 Å². The van der Waals surface area contributed by atoms with Crippen molar-refractivity contribution in [3.8, 4) is 0 Å². The Kier molecular flexibility index (Phi) is 3.24. The van der Waals surface area contributed by atoms with Crippen molar-refractivity contribution >= 4 is 11.9 Å². The highest BCUT2D eigenvalue weighted by molar-refractivity contribution is 5.79. The van der Waals surface area contributed by atoms with Crippen molar-refractivity contribution in [2.45, 2.75) is 6.10 Å². The number of hydrogen-bond acceptors (Lipinski definition) is 4. The van der Waals surface area contributed by atoms with Gasteiger partial charge in [0.25, 0.3) is 5.91 Å². The monoisotopic (exact) mass is 198 g/mol. The summed E-state index contributed by atoms with van der Waals surface area (Å²) >= 11 is 0. The summed E-state index contributed by atoms with van der Waals surface area (Å²) in [6, 6.07) is 2.97. The van der Waals surface area contributed by atoms with Crippen molar-refractivity contribution in [2.75, 3.05) is 6.61 Å². The molecule has 6 heteroatoms. The van der Waals surface area contributed by atoms with Gasteiger partial charge in [-0.25, -0.2) is 4.79 Å². The number of ether oxygens (including phenoxy) is 1. The van der Waals surface area contributed by atoms with E-state index in [0.29, 0.717) is 0 Å². The van der Waals surface area contributed by atoms with Crippen molar-refractivity contribution in [3.63, 3.8) is 0 Å². The SMILES string of the molecule is [NH]C(=O)C(OCC(=O)O)c1ccco1. The van der Waals surface area contributed by atoms with E-state index in [2.05, 4.69) is 4.74 Å². The van der Waals surface area contributed by atoms with Gasteiger partial charge in [-0.05, 0) is 12.1 Å². The lowest BCUT2D eigenvalue weighted by Crippen LogP contribution is -2.19. The molecule has 1 rings (SSSR count). The minimum absolute atomic E-state index is 0.131. The molecule has 1 aromatic rings. The Morgan fingerprint density at radius 1 is 1.64 bits per heavy atom. The Bertz CT molecular complexity index is 318. The summed E-state index contributed by atoms with van der Waals surface area (Å²) in [7, 11) is 0. The van der Waals surface area contributed by atoms with E-state index < -0.39 is 24.6 Å². The van der Waals surface area contributed by atoms with Gasteiger partial charge in [-0.15, -0.1) is 0 Å². The molecule has 0 aliphatic rings. The van der Waals surface area contributed by atoms with E-state index in [1.807, 2.05) is 0 Å². The van der Waals surface area contributed by atoms with Crippen molar-refractivity contribution in [2.24, 2.45) is 0 Å². The zero-order valence-electron chi connectivity index (χ0n) is 7.10. The van der Waals surface area contributed by atoms with E-state index in [1.54, 1.807) is 0 Å². The average molecular weight is 198 g/mol. The molecule has 1 amide bonds. The summed E-state index contributed by atoms with van der Waals surface area (Å²) in [5, 5.41) is 8.31. The Morgan fingerprint density at radius 3 is 2.79 bits per heavy atom. The predicted octanol–water partition coefficient (Wildman–Crippen LogP) is 0.231. The van der Waals surface area contributed by atoms with Crippen LogP contribution in [0.25, 0.3) is 0 Å². The normalized spacial score (nSPS) is 12.3. The molecule has 0 bridgehead atoms. The second kappa shape index (κ2) is 4.43. The molecule has 0 aliphatic carbocycles. The van der Waals surface area contributed by atoms with Gasteiger partial charge < -0.3 is 14.3 Å². The third-order valence-corrected chi connectivity index (χ3v) is 1.41. The van der Waals surface area contributed by atoms with Gasteiger partial charge in [-0.3, -0.25) is 10.5 Å². The highest BCUT2D eigenvalue weighted by Gasteiger charge is 2.22. The van der Waals surface area contributed by atoms with Crippen LogP contribution in [0.4, 0.5) is 0 Å². The van der Waals surface area contributed by atoms with Crippen LogP contribution in [-0.4, -0.2) is 23.6 Å². The minimum atomic E-state index is -1.26. The van der Waals surface area contributed by atoms with Crippen molar-refractivity contribution < 1.29 is 23.8 Å². The lowest BCUT2D eigenvalue weighted by Gasteiger charge is -2.08. The number of carboxylic acids is 1. The Balaban J connectivity index is 2.66. The molecule has 75 valence electrons. The first-order valence-electron chi connectivity index (χ1n) is 3.73. The van der Waals surface area contributed by atoms with Gasteiger partial charge in [-0.2, -0.15) is 0 Å². The molecule has 1 unspecified atom stereocenters. The van der Waals surface area contributed by atoms with Gasteiger partial charge in [0, 0.05) is 0 Å². The summed E-state index contributed by atoms with van der Waals surface area (Å²) < 4.78 is 9.51. The van der Waals surface area contributed by atoms with Crippen molar-refractivity contribution in [1.29, 1.82) is 0 Å². The first-order chi connectivity index (χ1) is 6.61. The summed E-state index contributed by atoms with van der Waals surface area (Å²) in [6.45, 7) is -0.643. The molecule has 6 nitrogen and oxygen atoms in total. The zero-order chi connectivity index (χ0) is 10.6. The van der Waals surface area contributed by atoms with E-state index in [1.165, 1.54) is 18.4 Å². The summed E-state index contributed by atoms with van der Waals surface area (Å²) in [6.07, 6.45) is 0.0520. The second-order valence-electron chi connectivity index (χ2n) is 2.46. The van der Waals surface area contributed by atoms with E-state index >= 15 is 0 Å². The number of amides is 1. The lowest BCUT2D eigenvalue weighted by atomic mass is 10.2. The number of furan rings is 1. The number of aliphatic carboxylic acids is 1. The standard InChI is InChI=1S/C8H8NO5/c9-8(12)7(14-4-6(10)11)5-2-1-3-13-5/h1-3,7,9H,4H2,(H,10,11). The molecule has 1 atom stereocenters. The molecular weight excluding hydrogens is 190 g/mol. The largest absolute Gasteiger partial charge is 0.480 e. The Morgan fingerprint density at radius 2 is 2.36 bits per heavy atom. The quantitative estimate of drug-likeness (QED) is 0.729. The smallest absolute Gasteiger partial charge is 0.329 e. The number of rotatable bonds is 5. The summed E-state index contributed by atoms with van der Waals surface area (Å²) in [4.78, 5) is 20.9. The Labute approximate surface area is 79.3 Å². The van der Waals surface area contributed by atoms with Gasteiger partial charge in [0.1, 0.15) is 12.4 Å². The van der Waals surface area contributed by atoms with Crippen LogP contribution in [0.15, 0.2) is 22.8 Å². The fourth-order valence-corrected chi connectivity index (χ4v) is 0.882. The average Bonchev–Trinajstić information content (AvgIpc) is 2.56. The molecule has 0 fully saturated rings. The third-order valence-electron chi connectivity index (χ3n) is 1.41. The second-order valence-corrected chi connectivity index (χ2v) is 2.46. The van der Waals surface area contributed by atoms with Crippen LogP contribution < -0.4 is 5.73 Å². The molecular formula is C8H8NO5. The molecule has 0 saturated heterocycles. The van der Waals surface area contributed by atoms with Crippen LogP contribution in [0.3, 0.4) is 0 Å². The van der Waals surface area contributed by atoms with Crippen LogP contribution in [0.2, 0.25) is 0 Å². The maximum Gasteiger partial charge on any atom is 0.329 e. The molecule has 1 heterocycles. The molecule has 0 saturated carbocycles. The van der Waals surface area contributed by atoms with Gasteiger partial charge in [0.2, 0.25) is 0 Å². The topological polar surface area (TPSA) is 101 Å². The summed E-state index contributed by atoms with van der Waals surface area (Å²) in [5.41, 5.74) is 6.84. The Hall–Kier alpha value is -1.82. The van der Waals surface area contributed by atoms with Crippen LogP contribution in [0, 0.1) is 0 Å². The molecule has 2 N–H and O–H groups in total. The van der Waals surface area contributed by atoms with Crippen LogP contribution in [-0.2, 0) is 14.3 Å². The lowest BCUT2D eigenvalue weighted by molar-refractivity contribution is -0.148. The number of carboxylic acid groups (broad SMARTS) is 1. The van der Waals surface area contributed by atoms with E-state index in [4.69, 9.17) is 15.3 Å².